The van der Waals surface area contributed by atoms with E-state index in [0.29, 0.717) is 12.2 Å². The Kier molecular flexibility index (Phi) is 5.65. The highest BCUT2D eigenvalue weighted by Crippen LogP contribution is 2.16. The minimum absolute atomic E-state index is 0.0288. The first-order valence-corrected chi connectivity index (χ1v) is 6.17. The van der Waals surface area contributed by atoms with E-state index in [1.165, 1.54) is 5.56 Å². The first-order chi connectivity index (χ1) is 8.56. The Morgan fingerprint density at radius 1 is 1.39 bits per heavy atom. The van der Waals surface area contributed by atoms with Crippen LogP contribution in [0.5, 0.6) is 5.75 Å². The lowest BCUT2D eigenvalue weighted by atomic mass is 10.1. The fourth-order valence-corrected chi connectivity index (χ4v) is 1.50. The van der Waals surface area contributed by atoms with E-state index < -0.39 is 0 Å². The van der Waals surface area contributed by atoms with Gasteiger partial charge in [-0.25, -0.2) is 0 Å². The quantitative estimate of drug-likeness (QED) is 0.807. The SMILES string of the molecule is CCC(CO)NC(=O)COc1ccc(C)c(C)c1. The number of rotatable bonds is 6. The van der Waals surface area contributed by atoms with Gasteiger partial charge in [0.15, 0.2) is 6.61 Å². The zero-order valence-corrected chi connectivity index (χ0v) is 11.2. The van der Waals surface area contributed by atoms with E-state index in [0.717, 1.165) is 5.56 Å². The number of hydrogen-bond acceptors (Lipinski definition) is 3. The number of aliphatic hydroxyl groups is 1. The summed E-state index contributed by atoms with van der Waals surface area (Å²) in [4.78, 5) is 11.5. The van der Waals surface area contributed by atoms with Crippen LogP contribution in [0.4, 0.5) is 0 Å². The Morgan fingerprint density at radius 2 is 2.11 bits per heavy atom. The Labute approximate surface area is 108 Å². The van der Waals surface area contributed by atoms with Crippen LogP contribution in [0.25, 0.3) is 0 Å². The first kappa shape index (κ1) is 14.5. The summed E-state index contributed by atoms with van der Waals surface area (Å²) in [5.41, 5.74) is 2.33. The Morgan fingerprint density at radius 3 is 2.67 bits per heavy atom. The van der Waals surface area contributed by atoms with Crippen molar-refractivity contribution in [3.63, 3.8) is 0 Å². The van der Waals surface area contributed by atoms with E-state index in [1.807, 2.05) is 39.0 Å². The number of ether oxygens (including phenoxy) is 1. The summed E-state index contributed by atoms with van der Waals surface area (Å²) in [6, 6.07) is 5.52. The van der Waals surface area contributed by atoms with Crippen LogP contribution in [-0.2, 0) is 4.79 Å². The van der Waals surface area contributed by atoms with Gasteiger partial charge in [0.25, 0.3) is 5.91 Å². The summed E-state index contributed by atoms with van der Waals surface area (Å²) in [6.45, 7) is 5.86. The predicted molar refractivity (Wildman–Crippen MR) is 70.7 cm³/mol. The molecule has 1 atom stereocenters. The molecule has 0 aromatic heterocycles. The molecule has 1 rings (SSSR count). The van der Waals surface area contributed by atoms with Crippen molar-refractivity contribution in [3.8, 4) is 5.75 Å². The van der Waals surface area contributed by atoms with Gasteiger partial charge in [0.1, 0.15) is 5.75 Å². The molecule has 0 aliphatic carbocycles. The predicted octanol–water partition coefficient (Wildman–Crippen LogP) is 1.57. The summed E-state index contributed by atoms with van der Waals surface area (Å²) < 4.78 is 5.40. The highest BCUT2D eigenvalue weighted by atomic mass is 16.5. The molecule has 4 heteroatoms. The minimum atomic E-state index is -0.214. The molecule has 0 aliphatic rings. The number of benzene rings is 1. The molecule has 1 amide bonds. The van der Waals surface area contributed by atoms with E-state index in [9.17, 15) is 4.79 Å². The van der Waals surface area contributed by atoms with Crippen molar-refractivity contribution in [3.05, 3.63) is 29.3 Å². The number of nitrogens with one attached hydrogen (secondary N) is 1. The Hall–Kier alpha value is -1.55. The number of carbonyl (C=O) groups excluding carboxylic acids is 1. The molecule has 0 bridgehead atoms. The van der Waals surface area contributed by atoms with E-state index in [-0.39, 0.29) is 25.2 Å². The highest BCUT2D eigenvalue weighted by Gasteiger charge is 2.09. The molecule has 0 radical (unpaired) electrons. The summed E-state index contributed by atoms with van der Waals surface area (Å²) in [5, 5.41) is 11.7. The molecule has 0 saturated heterocycles. The number of hydrogen-bond donors (Lipinski definition) is 2. The summed E-state index contributed by atoms with van der Waals surface area (Å²) in [6.07, 6.45) is 0.700. The normalized spacial score (nSPS) is 12.0. The van der Waals surface area contributed by atoms with Crippen LogP contribution in [0.3, 0.4) is 0 Å². The maximum absolute atomic E-state index is 11.5. The van der Waals surface area contributed by atoms with Crippen LogP contribution in [0.2, 0.25) is 0 Å². The van der Waals surface area contributed by atoms with Gasteiger partial charge in [-0.15, -0.1) is 0 Å². The van der Waals surface area contributed by atoms with Gasteiger partial charge >= 0.3 is 0 Å². The van der Waals surface area contributed by atoms with Crippen molar-refractivity contribution < 1.29 is 14.6 Å². The average molecular weight is 251 g/mol. The van der Waals surface area contributed by atoms with E-state index in [2.05, 4.69) is 5.32 Å². The van der Waals surface area contributed by atoms with E-state index in [4.69, 9.17) is 9.84 Å². The van der Waals surface area contributed by atoms with Crippen LogP contribution < -0.4 is 10.1 Å². The molecule has 1 aromatic rings. The van der Waals surface area contributed by atoms with Crippen molar-refractivity contribution in [2.45, 2.75) is 33.2 Å². The molecular formula is C14H21NO3. The lowest BCUT2D eigenvalue weighted by molar-refractivity contribution is -0.124. The molecular weight excluding hydrogens is 230 g/mol. The molecule has 18 heavy (non-hydrogen) atoms. The smallest absolute Gasteiger partial charge is 0.258 e. The van der Waals surface area contributed by atoms with Crippen molar-refractivity contribution >= 4 is 5.91 Å². The molecule has 0 spiro atoms. The summed E-state index contributed by atoms with van der Waals surface area (Å²) in [7, 11) is 0. The standard InChI is InChI=1S/C14H21NO3/c1-4-12(8-16)15-14(17)9-18-13-6-5-10(2)11(3)7-13/h5-7,12,16H,4,8-9H2,1-3H3,(H,15,17). The molecule has 1 aromatic carbocycles. The number of amides is 1. The van der Waals surface area contributed by atoms with Gasteiger partial charge in [-0.2, -0.15) is 0 Å². The molecule has 0 fully saturated rings. The van der Waals surface area contributed by atoms with Gasteiger partial charge in [-0.1, -0.05) is 13.0 Å². The Balaban J connectivity index is 2.44. The molecule has 0 saturated carbocycles. The van der Waals surface area contributed by atoms with Crippen LogP contribution in [0.15, 0.2) is 18.2 Å². The zero-order valence-electron chi connectivity index (χ0n) is 11.2. The van der Waals surface area contributed by atoms with Gasteiger partial charge in [0, 0.05) is 0 Å². The van der Waals surface area contributed by atoms with Crippen molar-refractivity contribution in [1.82, 2.24) is 5.32 Å². The van der Waals surface area contributed by atoms with Crippen LogP contribution in [0, 0.1) is 13.8 Å². The van der Waals surface area contributed by atoms with Gasteiger partial charge in [0.05, 0.1) is 12.6 Å². The summed E-state index contributed by atoms with van der Waals surface area (Å²) in [5.74, 6) is 0.472. The first-order valence-electron chi connectivity index (χ1n) is 6.17. The highest BCUT2D eigenvalue weighted by molar-refractivity contribution is 5.77. The third-order valence-electron chi connectivity index (χ3n) is 2.93. The van der Waals surface area contributed by atoms with Crippen molar-refractivity contribution in [1.29, 1.82) is 0 Å². The second-order valence-corrected chi connectivity index (χ2v) is 4.39. The zero-order chi connectivity index (χ0) is 13.5. The van der Waals surface area contributed by atoms with Crippen LogP contribution in [-0.4, -0.2) is 30.3 Å². The van der Waals surface area contributed by atoms with Gasteiger partial charge in [-0.05, 0) is 43.5 Å². The molecule has 100 valence electrons. The fraction of sp³-hybridized carbons (Fsp3) is 0.500. The van der Waals surface area contributed by atoms with Gasteiger partial charge < -0.3 is 15.2 Å². The Bertz CT molecular complexity index is 400. The van der Waals surface area contributed by atoms with E-state index >= 15 is 0 Å². The number of aliphatic hydroxyl groups excluding tert-OH is 1. The topological polar surface area (TPSA) is 58.6 Å². The largest absolute Gasteiger partial charge is 0.484 e. The molecule has 0 aliphatic heterocycles. The second kappa shape index (κ2) is 7.01. The van der Waals surface area contributed by atoms with Gasteiger partial charge in [0.2, 0.25) is 0 Å². The third-order valence-corrected chi connectivity index (χ3v) is 2.93. The molecule has 4 nitrogen and oxygen atoms in total. The van der Waals surface area contributed by atoms with Crippen molar-refractivity contribution in [2.75, 3.05) is 13.2 Å². The monoisotopic (exact) mass is 251 g/mol. The van der Waals surface area contributed by atoms with Gasteiger partial charge in [-0.3, -0.25) is 4.79 Å². The minimum Gasteiger partial charge on any atom is -0.484 e. The fourth-order valence-electron chi connectivity index (χ4n) is 1.50. The number of carbonyl (C=O) groups is 1. The molecule has 0 heterocycles. The second-order valence-electron chi connectivity index (χ2n) is 4.39. The molecule has 2 N–H and O–H groups in total. The average Bonchev–Trinajstić information content (AvgIpc) is 2.37. The maximum Gasteiger partial charge on any atom is 0.258 e. The van der Waals surface area contributed by atoms with E-state index in [1.54, 1.807) is 0 Å². The third kappa shape index (κ3) is 4.37. The summed E-state index contributed by atoms with van der Waals surface area (Å²) >= 11 is 0. The number of aryl methyl sites for hydroxylation is 2. The van der Waals surface area contributed by atoms with Crippen LogP contribution >= 0.6 is 0 Å². The molecule has 1 unspecified atom stereocenters. The lowest BCUT2D eigenvalue weighted by Crippen LogP contribution is -2.39. The lowest BCUT2D eigenvalue weighted by Gasteiger charge is -2.14. The van der Waals surface area contributed by atoms with Crippen molar-refractivity contribution in [2.24, 2.45) is 0 Å². The van der Waals surface area contributed by atoms with Crippen LogP contribution in [0.1, 0.15) is 24.5 Å². The maximum atomic E-state index is 11.5.